The molecule has 0 aliphatic rings. The summed E-state index contributed by atoms with van der Waals surface area (Å²) >= 11 is 12.2. The van der Waals surface area contributed by atoms with Crippen molar-refractivity contribution in [2.24, 2.45) is 0 Å². The first-order valence-electron chi connectivity index (χ1n) is 6.22. The SMILES string of the molecule is CC(c1ccco1)N(C)C(=O)Cc1c(Cl)cccc1Cl. The smallest absolute Gasteiger partial charge is 0.227 e. The van der Waals surface area contributed by atoms with Crippen LogP contribution in [0.4, 0.5) is 0 Å². The quantitative estimate of drug-likeness (QED) is 0.841. The Labute approximate surface area is 128 Å². The lowest BCUT2D eigenvalue weighted by molar-refractivity contribution is -0.131. The first-order chi connectivity index (χ1) is 9.50. The minimum atomic E-state index is -0.140. The summed E-state index contributed by atoms with van der Waals surface area (Å²) in [6.45, 7) is 1.91. The second kappa shape index (κ2) is 6.33. The molecule has 1 atom stereocenters. The standard InChI is InChI=1S/C15H15Cl2NO2/c1-10(14-7-4-8-20-14)18(2)15(19)9-11-12(16)5-3-6-13(11)17/h3-8,10H,9H2,1-2H3. The maximum absolute atomic E-state index is 12.3. The maximum atomic E-state index is 12.3. The molecule has 0 saturated carbocycles. The lowest BCUT2D eigenvalue weighted by atomic mass is 10.1. The van der Waals surface area contributed by atoms with Crippen LogP contribution in [0.2, 0.25) is 10.0 Å². The topological polar surface area (TPSA) is 33.5 Å². The van der Waals surface area contributed by atoms with E-state index in [-0.39, 0.29) is 18.4 Å². The van der Waals surface area contributed by atoms with Crippen LogP contribution < -0.4 is 0 Å². The Hall–Kier alpha value is -1.45. The van der Waals surface area contributed by atoms with Crippen molar-refractivity contribution in [2.75, 3.05) is 7.05 Å². The number of carbonyl (C=O) groups excluding carboxylic acids is 1. The van der Waals surface area contributed by atoms with Crippen molar-refractivity contribution < 1.29 is 9.21 Å². The van der Waals surface area contributed by atoms with Crippen LogP contribution in [0.5, 0.6) is 0 Å². The molecule has 1 aromatic carbocycles. The summed E-state index contributed by atoms with van der Waals surface area (Å²) in [6, 6.07) is 8.72. The maximum Gasteiger partial charge on any atom is 0.227 e. The molecule has 0 saturated heterocycles. The van der Waals surface area contributed by atoms with Crippen molar-refractivity contribution in [2.45, 2.75) is 19.4 Å². The fourth-order valence-corrected chi connectivity index (χ4v) is 2.44. The third-order valence-corrected chi connectivity index (χ3v) is 4.03. The number of amides is 1. The Balaban J connectivity index is 2.12. The van der Waals surface area contributed by atoms with Gasteiger partial charge in [-0.3, -0.25) is 4.79 Å². The van der Waals surface area contributed by atoms with Gasteiger partial charge in [0.15, 0.2) is 0 Å². The highest BCUT2D eigenvalue weighted by molar-refractivity contribution is 6.36. The second-order valence-corrected chi connectivity index (χ2v) is 5.39. The van der Waals surface area contributed by atoms with Crippen LogP contribution in [0.15, 0.2) is 41.0 Å². The fourth-order valence-electron chi connectivity index (χ4n) is 1.91. The Kier molecular flexibility index (Phi) is 4.73. The van der Waals surface area contributed by atoms with Gasteiger partial charge in [-0.2, -0.15) is 0 Å². The van der Waals surface area contributed by atoms with Crippen LogP contribution in [-0.4, -0.2) is 17.9 Å². The van der Waals surface area contributed by atoms with Crippen LogP contribution in [-0.2, 0) is 11.2 Å². The van der Waals surface area contributed by atoms with E-state index in [2.05, 4.69) is 0 Å². The normalized spacial score (nSPS) is 12.2. The van der Waals surface area contributed by atoms with E-state index in [0.717, 1.165) is 5.76 Å². The summed E-state index contributed by atoms with van der Waals surface area (Å²) in [5, 5.41) is 1.01. The summed E-state index contributed by atoms with van der Waals surface area (Å²) in [6.07, 6.45) is 1.76. The molecule has 1 aromatic heterocycles. The van der Waals surface area contributed by atoms with E-state index in [1.807, 2.05) is 13.0 Å². The van der Waals surface area contributed by atoms with E-state index < -0.39 is 0 Å². The summed E-state index contributed by atoms with van der Waals surface area (Å²) in [5.41, 5.74) is 0.652. The van der Waals surface area contributed by atoms with Gasteiger partial charge in [-0.05, 0) is 36.8 Å². The van der Waals surface area contributed by atoms with Gasteiger partial charge in [0, 0.05) is 17.1 Å². The molecule has 1 amide bonds. The molecule has 106 valence electrons. The largest absolute Gasteiger partial charge is 0.467 e. The average Bonchev–Trinajstić information content (AvgIpc) is 2.95. The van der Waals surface area contributed by atoms with Crippen molar-refractivity contribution in [1.82, 2.24) is 4.90 Å². The summed E-state index contributed by atoms with van der Waals surface area (Å²) in [4.78, 5) is 13.9. The summed E-state index contributed by atoms with van der Waals surface area (Å²) < 4.78 is 5.32. The van der Waals surface area contributed by atoms with Gasteiger partial charge < -0.3 is 9.32 Å². The van der Waals surface area contributed by atoms with Crippen LogP contribution in [0.3, 0.4) is 0 Å². The summed E-state index contributed by atoms with van der Waals surface area (Å²) in [7, 11) is 1.74. The van der Waals surface area contributed by atoms with Gasteiger partial charge in [0.1, 0.15) is 5.76 Å². The molecular formula is C15H15Cl2NO2. The van der Waals surface area contributed by atoms with Crippen LogP contribution >= 0.6 is 23.2 Å². The fraction of sp³-hybridized carbons (Fsp3) is 0.267. The van der Waals surface area contributed by atoms with E-state index in [4.69, 9.17) is 27.6 Å². The van der Waals surface area contributed by atoms with Crippen molar-refractivity contribution in [3.05, 3.63) is 58.0 Å². The molecular weight excluding hydrogens is 297 g/mol. The van der Waals surface area contributed by atoms with Crippen LogP contribution in [0.1, 0.15) is 24.3 Å². The molecule has 5 heteroatoms. The zero-order chi connectivity index (χ0) is 14.7. The molecule has 2 aromatic rings. The van der Waals surface area contributed by atoms with Gasteiger partial charge >= 0.3 is 0 Å². The number of benzene rings is 1. The number of nitrogens with zero attached hydrogens (tertiary/aromatic N) is 1. The van der Waals surface area contributed by atoms with E-state index in [1.54, 1.807) is 42.5 Å². The first kappa shape index (κ1) is 14.9. The number of hydrogen-bond donors (Lipinski definition) is 0. The Morgan fingerprint density at radius 1 is 1.25 bits per heavy atom. The number of rotatable bonds is 4. The van der Waals surface area contributed by atoms with Gasteiger partial charge in [-0.15, -0.1) is 0 Å². The number of halogens is 2. The molecule has 0 aliphatic carbocycles. The molecule has 0 bridgehead atoms. The number of hydrogen-bond acceptors (Lipinski definition) is 2. The first-order valence-corrected chi connectivity index (χ1v) is 6.98. The number of carbonyl (C=O) groups is 1. The van der Waals surface area contributed by atoms with Crippen molar-refractivity contribution in [3.63, 3.8) is 0 Å². The van der Waals surface area contributed by atoms with Gasteiger partial charge in [0.25, 0.3) is 0 Å². The monoisotopic (exact) mass is 311 g/mol. The Morgan fingerprint density at radius 2 is 1.90 bits per heavy atom. The Bertz CT molecular complexity index is 576. The van der Waals surface area contributed by atoms with E-state index in [0.29, 0.717) is 15.6 Å². The predicted molar refractivity (Wildman–Crippen MR) is 80.1 cm³/mol. The zero-order valence-corrected chi connectivity index (χ0v) is 12.8. The van der Waals surface area contributed by atoms with E-state index in [9.17, 15) is 4.79 Å². The average molecular weight is 312 g/mol. The highest BCUT2D eigenvalue weighted by Crippen LogP contribution is 2.26. The molecule has 1 unspecified atom stereocenters. The molecule has 0 radical (unpaired) electrons. The van der Waals surface area contributed by atoms with Gasteiger partial charge in [-0.25, -0.2) is 0 Å². The second-order valence-electron chi connectivity index (χ2n) is 4.57. The molecule has 0 spiro atoms. The molecule has 3 nitrogen and oxygen atoms in total. The van der Waals surface area contributed by atoms with E-state index in [1.165, 1.54) is 0 Å². The number of likely N-dealkylation sites (N-methyl/N-ethyl adjacent to an activating group) is 1. The van der Waals surface area contributed by atoms with Crippen LogP contribution in [0, 0.1) is 0 Å². The van der Waals surface area contributed by atoms with Crippen molar-refractivity contribution >= 4 is 29.1 Å². The summed E-state index contributed by atoms with van der Waals surface area (Å²) in [5.74, 6) is 0.676. The molecule has 1 heterocycles. The van der Waals surface area contributed by atoms with Gasteiger partial charge in [0.05, 0.1) is 18.7 Å². The highest BCUT2D eigenvalue weighted by Gasteiger charge is 2.21. The molecule has 20 heavy (non-hydrogen) atoms. The number of furan rings is 1. The van der Waals surface area contributed by atoms with Gasteiger partial charge in [-0.1, -0.05) is 29.3 Å². The van der Waals surface area contributed by atoms with Crippen molar-refractivity contribution in [3.8, 4) is 0 Å². The highest BCUT2D eigenvalue weighted by atomic mass is 35.5. The Morgan fingerprint density at radius 3 is 2.45 bits per heavy atom. The molecule has 0 N–H and O–H groups in total. The van der Waals surface area contributed by atoms with E-state index >= 15 is 0 Å². The van der Waals surface area contributed by atoms with Crippen LogP contribution in [0.25, 0.3) is 0 Å². The van der Waals surface area contributed by atoms with Gasteiger partial charge in [0.2, 0.25) is 5.91 Å². The molecule has 0 fully saturated rings. The third kappa shape index (κ3) is 3.17. The third-order valence-electron chi connectivity index (χ3n) is 3.32. The lowest BCUT2D eigenvalue weighted by Crippen LogP contribution is -2.30. The molecule has 0 aliphatic heterocycles. The lowest BCUT2D eigenvalue weighted by Gasteiger charge is -2.23. The van der Waals surface area contributed by atoms with Crippen molar-refractivity contribution in [1.29, 1.82) is 0 Å². The minimum Gasteiger partial charge on any atom is -0.467 e. The molecule has 2 rings (SSSR count). The predicted octanol–water partition coefficient (Wildman–Crippen LogP) is 4.35. The zero-order valence-electron chi connectivity index (χ0n) is 11.3. The minimum absolute atomic E-state index is 0.0658.